The van der Waals surface area contributed by atoms with E-state index in [2.05, 4.69) is 11.4 Å². The van der Waals surface area contributed by atoms with Crippen molar-refractivity contribution in [2.45, 2.75) is 19.8 Å². The molecular weight excluding hydrogens is 318 g/mol. The highest BCUT2D eigenvalue weighted by atomic mass is 35.5. The van der Waals surface area contributed by atoms with Gasteiger partial charge < -0.3 is 19.9 Å². The van der Waals surface area contributed by atoms with Crippen molar-refractivity contribution in [1.29, 1.82) is 0 Å². The van der Waals surface area contributed by atoms with Gasteiger partial charge in [-0.3, -0.25) is 4.79 Å². The number of rotatable bonds is 4. The van der Waals surface area contributed by atoms with Crippen molar-refractivity contribution in [2.24, 2.45) is 0 Å². The van der Waals surface area contributed by atoms with Gasteiger partial charge in [0, 0.05) is 17.1 Å². The summed E-state index contributed by atoms with van der Waals surface area (Å²) < 4.78 is 11.4. The van der Waals surface area contributed by atoms with Crippen molar-refractivity contribution >= 4 is 18.1 Å². The average molecular weight is 336 g/mol. The van der Waals surface area contributed by atoms with Gasteiger partial charge in [-0.05, 0) is 42.4 Å². The summed E-state index contributed by atoms with van der Waals surface area (Å²) in [5.74, 6) is 1.60. The van der Waals surface area contributed by atoms with Crippen molar-refractivity contribution in [1.82, 2.24) is 5.32 Å². The molecule has 6 heteroatoms. The fraction of sp³-hybridized carbons (Fsp3) is 0.235. The van der Waals surface area contributed by atoms with Gasteiger partial charge in [-0.2, -0.15) is 0 Å². The molecule has 0 fully saturated rings. The highest BCUT2D eigenvalue weighted by molar-refractivity contribution is 6.30. The molecule has 0 aromatic heterocycles. The number of nitrogens with one attached hydrogen (secondary N) is 1. The van der Waals surface area contributed by atoms with Gasteiger partial charge in [0.25, 0.3) is 6.47 Å². The molecule has 1 aliphatic heterocycles. The lowest BCUT2D eigenvalue weighted by molar-refractivity contribution is -0.122. The number of ether oxygens (including phenoxy) is 2. The summed E-state index contributed by atoms with van der Waals surface area (Å²) in [6, 6.07) is 11.8. The van der Waals surface area contributed by atoms with Gasteiger partial charge in [0.15, 0.2) is 0 Å². The molecule has 0 radical (unpaired) electrons. The molecule has 2 aromatic carbocycles. The lowest BCUT2D eigenvalue weighted by atomic mass is 10.1. The molecule has 23 heavy (non-hydrogen) atoms. The van der Waals surface area contributed by atoms with Gasteiger partial charge in [-0.15, -0.1) is 0 Å². The number of benzene rings is 2. The Morgan fingerprint density at radius 3 is 2.74 bits per heavy atom. The largest absolute Gasteiger partial charge is 0.483 e. The molecule has 2 aromatic rings. The Morgan fingerprint density at radius 1 is 1.26 bits per heavy atom. The van der Waals surface area contributed by atoms with Crippen LogP contribution in [0.2, 0.25) is 5.02 Å². The number of carbonyl (C=O) groups is 1. The lowest BCUT2D eigenvalue weighted by Gasteiger charge is -2.12. The van der Waals surface area contributed by atoms with Crippen LogP contribution in [-0.2, 0) is 29.3 Å². The molecule has 3 rings (SSSR count). The first-order valence-electron chi connectivity index (χ1n) is 7.06. The van der Waals surface area contributed by atoms with E-state index in [1.807, 2.05) is 37.4 Å². The summed E-state index contributed by atoms with van der Waals surface area (Å²) in [5, 5.41) is 10.7. The van der Waals surface area contributed by atoms with Crippen LogP contribution in [0.3, 0.4) is 0 Å². The minimum Gasteiger partial charge on any atom is -0.483 e. The second kappa shape index (κ2) is 8.53. The van der Waals surface area contributed by atoms with Crippen molar-refractivity contribution in [2.75, 3.05) is 7.05 Å². The van der Waals surface area contributed by atoms with E-state index in [1.54, 1.807) is 0 Å². The Balaban J connectivity index is 0.000000595. The van der Waals surface area contributed by atoms with E-state index >= 15 is 0 Å². The van der Waals surface area contributed by atoms with Crippen LogP contribution in [0.5, 0.6) is 11.5 Å². The SMILES string of the molecule is CNCc1ccc(Cl)cc1Oc1ccc2c(c1)COC2.O=CO. The van der Waals surface area contributed by atoms with Crippen LogP contribution >= 0.6 is 11.6 Å². The molecule has 0 aliphatic carbocycles. The zero-order chi connectivity index (χ0) is 16.7. The molecule has 2 N–H and O–H groups in total. The zero-order valence-corrected chi connectivity index (χ0v) is 13.5. The number of fused-ring (bicyclic) bond motifs is 1. The molecule has 1 aliphatic rings. The number of hydrogen-bond acceptors (Lipinski definition) is 4. The minimum atomic E-state index is -0.250. The standard InChI is InChI=1S/C16H16ClNO2.CH2O2/c1-18-8-11-2-4-14(17)7-16(11)20-15-5-3-12-9-19-10-13(12)6-15;2-1-3/h2-7,18H,8-10H2,1H3;1H,(H,2,3). The normalized spacial score (nSPS) is 12.1. The van der Waals surface area contributed by atoms with Gasteiger partial charge in [-0.25, -0.2) is 0 Å². The monoisotopic (exact) mass is 335 g/mol. The maximum absolute atomic E-state index is 8.36. The van der Waals surface area contributed by atoms with E-state index in [1.165, 1.54) is 11.1 Å². The zero-order valence-electron chi connectivity index (χ0n) is 12.7. The second-order valence-electron chi connectivity index (χ2n) is 4.91. The van der Waals surface area contributed by atoms with Gasteiger partial charge in [0.2, 0.25) is 0 Å². The Bertz CT molecular complexity index is 676. The van der Waals surface area contributed by atoms with Gasteiger partial charge in [0.05, 0.1) is 13.2 Å². The molecule has 0 bridgehead atoms. The summed E-state index contributed by atoms with van der Waals surface area (Å²) in [6.45, 7) is 1.84. The highest BCUT2D eigenvalue weighted by Crippen LogP contribution is 2.31. The molecule has 1 heterocycles. The molecule has 0 amide bonds. The summed E-state index contributed by atoms with van der Waals surface area (Å²) in [5.41, 5.74) is 3.51. The Kier molecular flexibility index (Phi) is 6.40. The van der Waals surface area contributed by atoms with Gasteiger partial charge in [0.1, 0.15) is 11.5 Å². The average Bonchev–Trinajstić information content (AvgIpc) is 2.98. The summed E-state index contributed by atoms with van der Waals surface area (Å²) in [7, 11) is 1.91. The van der Waals surface area contributed by atoms with Gasteiger partial charge in [-0.1, -0.05) is 23.7 Å². The van der Waals surface area contributed by atoms with Crippen molar-refractivity contribution in [3.05, 3.63) is 58.1 Å². The van der Waals surface area contributed by atoms with Crippen LogP contribution in [0.15, 0.2) is 36.4 Å². The molecule has 5 nitrogen and oxygen atoms in total. The van der Waals surface area contributed by atoms with Crippen molar-refractivity contribution in [3.63, 3.8) is 0 Å². The topological polar surface area (TPSA) is 67.8 Å². The lowest BCUT2D eigenvalue weighted by Crippen LogP contribution is -2.06. The third-order valence-corrected chi connectivity index (χ3v) is 3.55. The van der Waals surface area contributed by atoms with Crippen molar-refractivity contribution in [3.8, 4) is 11.5 Å². The Labute approximate surface area is 139 Å². The first kappa shape index (κ1) is 17.3. The molecule has 0 unspecified atom stereocenters. The summed E-state index contributed by atoms with van der Waals surface area (Å²) in [4.78, 5) is 8.36. The Hall–Kier alpha value is -2.08. The first-order valence-corrected chi connectivity index (χ1v) is 7.44. The predicted molar refractivity (Wildman–Crippen MR) is 87.9 cm³/mol. The van der Waals surface area contributed by atoms with Crippen LogP contribution in [0, 0.1) is 0 Å². The maximum Gasteiger partial charge on any atom is 0.290 e. The third kappa shape index (κ3) is 4.69. The van der Waals surface area contributed by atoms with E-state index in [9.17, 15) is 0 Å². The fourth-order valence-corrected chi connectivity index (χ4v) is 2.46. The third-order valence-electron chi connectivity index (χ3n) is 3.32. The molecule has 0 saturated heterocycles. The number of halogens is 1. The van der Waals surface area contributed by atoms with Crippen molar-refractivity contribution < 1.29 is 19.4 Å². The van der Waals surface area contributed by atoms with E-state index in [-0.39, 0.29) is 6.47 Å². The molecule has 0 spiro atoms. The fourth-order valence-electron chi connectivity index (χ4n) is 2.30. The smallest absolute Gasteiger partial charge is 0.290 e. The van der Waals surface area contributed by atoms with E-state index in [0.717, 1.165) is 23.6 Å². The Morgan fingerprint density at radius 2 is 2.00 bits per heavy atom. The predicted octanol–water partition coefficient (Wildman–Crippen LogP) is 3.58. The number of carboxylic acid groups (broad SMARTS) is 1. The molecule has 122 valence electrons. The summed E-state index contributed by atoms with van der Waals surface area (Å²) >= 11 is 6.06. The first-order chi connectivity index (χ1) is 11.2. The summed E-state index contributed by atoms with van der Waals surface area (Å²) in [6.07, 6.45) is 0. The van der Waals surface area contributed by atoms with E-state index < -0.39 is 0 Å². The molecule has 0 atom stereocenters. The molecule has 0 saturated carbocycles. The van der Waals surface area contributed by atoms with Crippen LogP contribution in [0.1, 0.15) is 16.7 Å². The highest BCUT2D eigenvalue weighted by Gasteiger charge is 2.13. The quantitative estimate of drug-likeness (QED) is 0.836. The van der Waals surface area contributed by atoms with E-state index in [4.69, 9.17) is 31.0 Å². The maximum atomic E-state index is 8.36. The second-order valence-corrected chi connectivity index (χ2v) is 5.35. The molecular formula is C17H18ClNO4. The minimum absolute atomic E-state index is 0.250. The van der Waals surface area contributed by atoms with Gasteiger partial charge >= 0.3 is 0 Å². The van der Waals surface area contributed by atoms with Crippen LogP contribution in [-0.4, -0.2) is 18.6 Å². The van der Waals surface area contributed by atoms with Crippen LogP contribution in [0.4, 0.5) is 0 Å². The van der Waals surface area contributed by atoms with Crippen LogP contribution in [0.25, 0.3) is 0 Å². The van der Waals surface area contributed by atoms with E-state index in [0.29, 0.717) is 18.2 Å². The number of hydrogen-bond donors (Lipinski definition) is 2. The van der Waals surface area contributed by atoms with Crippen LogP contribution < -0.4 is 10.1 Å².